The number of amides is 3. The molecule has 0 saturated carbocycles. The van der Waals surface area contributed by atoms with Crippen molar-refractivity contribution < 1.29 is 19.5 Å². The third kappa shape index (κ3) is 7.47. The van der Waals surface area contributed by atoms with E-state index in [0.717, 1.165) is 11.1 Å². The topological polar surface area (TPSA) is 102 Å². The van der Waals surface area contributed by atoms with Crippen LogP contribution in [0.25, 0.3) is 0 Å². The maximum Gasteiger partial charge on any atom is 0.326 e. The molecule has 198 valence electrons. The van der Waals surface area contributed by atoms with Gasteiger partial charge in [0.05, 0.1) is 10.0 Å². The van der Waals surface area contributed by atoms with Crippen molar-refractivity contribution in [3.63, 3.8) is 0 Å². The first kappa shape index (κ1) is 27.4. The van der Waals surface area contributed by atoms with E-state index in [2.05, 4.69) is 15.5 Å². The number of hydrogen-bond donors (Lipinski definition) is 3. The SMILES string of the molecule is O=C(N[C@@H](Cc1ccccc1)C(=O)O)c1ccc(CN2CCN(C(=O)Nc3ccc(Cl)c(Cl)c3)CC2)cc1. The quantitative estimate of drug-likeness (QED) is 0.372. The van der Waals surface area contributed by atoms with Gasteiger partial charge in [-0.3, -0.25) is 9.69 Å². The number of anilines is 1. The lowest BCUT2D eigenvalue weighted by Crippen LogP contribution is -2.49. The van der Waals surface area contributed by atoms with Gasteiger partial charge < -0.3 is 20.6 Å². The molecule has 0 aliphatic carbocycles. The van der Waals surface area contributed by atoms with E-state index in [1.54, 1.807) is 35.2 Å². The van der Waals surface area contributed by atoms with E-state index in [1.165, 1.54) is 0 Å². The number of piperazine rings is 1. The van der Waals surface area contributed by atoms with E-state index in [4.69, 9.17) is 23.2 Å². The summed E-state index contributed by atoms with van der Waals surface area (Å²) in [7, 11) is 0. The molecule has 10 heteroatoms. The second-order valence-electron chi connectivity index (χ2n) is 9.07. The van der Waals surface area contributed by atoms with Crippen LogP contribution in [-0.4, -0.2) is 65.0 Å². The van der Waals surface area contributed by atoms with Gasteiger partial charge in [0.1, 0.15) is 6.04 Å². The number of benzene rings is 3. The highest BCUT2D eigenvalue weighted by atomic mass is 35.5. The Bertz CT molecular complexity index is 1280. The highest BCUT2D eigenvalue weighted by molar-refractivity contribution is 6.42. The van der Waals surface area contributed by atoms with Crippen molar-refractivity contribution in [3.05, 3.63) is 99.5 Å². The van der Waals surface area contributed by atoms with Gasteiger partial charge in [0, 0.05) is 50.4 Å². The first-order valence-corrected chi connectivity index (χ1v) is 12.9. The Hall–Kier alpha value is -3.59. The molecular weight excluding hydrogens is 527 g/mol. The molecule has 1 fully saturated rings. The van der Waals surface area contributed by atoms with Crippen LogP contribution in [0.3, 0.4) is 0 Å². The van der Waals surface area contributed by atoms with Gasteiger partial charge in [-0.15, -0.1) is 0 Å². The largest absolute Gasteiger partial charge is 0.480 e. The van der Waals surface area contributed by atoms with Crippen LogP contribution in [0.4, 0.5) is 10.5 Å². The standard InChI is InChI=1S/C28H28Cl2N4O4/c29-23-11-10-22(17-24(23)30)31-28(38)34-14-12-33(13-15-34)18-20-6-8-21(9-7-20)26(35)32-25(27(36)37)16-19-4-2-1-3-5-19/h1-11,17,25H,12-16,18H2,(H,31,38)(H,32,35)(H,36,37)/t25-/m0/s1. The summed E-state index contributed by atoms with van der Waals surface area (Å²) in [6.07, 6.45) is 0.206. The van der Waals surface area contributed by atoms with Crippen molar-refractivity contribution in [2.24, 2.45) is 0 Å². The van der Waals surface area contributed by atoms with E-state index in [-0.39, 0.29) is 12.5 Å². The minimum absolute atomic E-state index is 0.190. The molecule has 1 saturated heterocycles. The van der Waals surface area contributed by atoms with E-state index in [0.29, 0.717) is 54.0 Å². The van der Waals surface area contributed by atoms with Gasteiger partial charge >= 0.3 is 12.0 Å². The average Bonchev–Trinajstić information content (AvgIpc) is 2.91. The number of hydrogen-bond acceptors (Lipinski definition) is 4. The number of rotatable bonds is 8. The van der Waals surface area contributed by atoms with Crippen molar-refractivity contribution >= 4 is 46.8 Å². The fourth-order valence-electron chi connectivity index (χ4n) is 4.20. The highest BCUT2D eigenvalue weighted by Crippen LogP contribution is 2.25. The Morgan fingerprint density at radius 2 is 1.53 bits per heavy atom. The maximum absolute atomic E-state index is 12.7. The Balaban J connectivity index is 1.25. The zero-order valence-corrected chi connectivity index (χ0v) is 22.1. The van der Waals surface area contributed by atoms with Gasteiger partial charge in [0.25, 0.3) is 5.91 Å². The summed E-state index contributed by atoms with van der Waals surface area (Å²) >= 11 is 12.0. The van der Waals surface area contributed by atoms with Crippen LogP contribution >= 0.6 is 23.2 Å². The number of carboxylic acids is 1. The second-order valence-corrected chi connectivity index (χ2v) is 9.89. The van der Waals surface area contributed by atoms with Crippen molar-refractivity contribution in [2.45, 2.75) is 19.0 Å². The van der Waals surface area contributed by atoms with Crippen LogP contribution < -0.4 is 10.6 Å². The molecule has 0 aromatic heterocycles. The first-order valence-electron chi connectivity index (χ1n) is 12.2. The number of halogens is 2. The molecule has 3 aromatic rings. The van der Waals surface area contributed by atoms with Crippen LogP contribution in [0.5, 0.6) is 0 Å². The average molecular weight is 555 g/mol. The number of carbonyl (C=O) groups excluding carboxylic acids is 2. The van der Waals surface area contributed by atoms with Crippen LogP contribution in [0.15, 0.2) is 72.8 Å². The number of nitrogens with zero attached hydrogens (tertiary/aromatic N) is 2. The molecule has 1 aliphatic rings. The molecule has 3 aromatic carbocycles. The molecule has 8 nitrogen and oxygen atoms in total. The molecular formula is C28H28Cl2N4O4. The van der Waals surface area contributed by atoms with Gasteiger partial charge in [-0.2, -0.15) is 0 Å². The predicted molar refractivity (Wildman–Crippen MR) is 148 cm³/mol. The summed E-state index contributed by atoms with van der Waals surface area (Å²) in [6, 6.07) is 20.1. The van der Waals surface area contributed by atoms with Gasteiger partial charge in [-0.05, 0) is 41.5 Å². The summed E-state index contributed by atoms with van der Waals surface area (Å²) in [5.41, 5.74) is 2.85. The van der Waals surface area contributed by atoms with E-state index < -0.39 is 17.9 Å². The summed E-state index contributed by atoms with van der Waals surface area (Å²) in [5.74, 6) is -1.51. The molecule has 0 radical (unpaired) electrons. The molecule has 1 heterocycles. The molecule has 1 aliphatic heterocycles. The summed E-state index contributed by atoms with van der Waals surface area (Å²) in [5, 5.41) is 15.8. The second kappa shape index (κ2) is 12.8. The molecule has 3 N–H and O–H groups in total. The van der Waals surface area contributed by atoms with Gasteiger partial charge in [-0.25, -0.2) is 9.59 Å². The van der Waals surface area contributed by atoms with Crippen LogP contribution in [0, 0.1) is 0 Å². The van der Waals surface area contributed by atoms with Gasteiger partial charge in [0.15, 0.2) is 0 Å². The van der Waals surface area contributed by atoms with Crippen molar-refractivity contribution in [3.8, 4) is 0 Å². The lowest BCUT2D eigenvalue weighted by Gasteiger charge is -2.34. The molecule has 0 unspecified atom stereocenters. The summed E-state index contributed by atoms with van der Waals surface area (Å²) < 4.78 is 0. The fourth-order valence-corrected chi connectivity index (χ4v) is 4.49. The summed E-state index contributed by atoms with van der Waals surface area (Å²) in [4.78, 5) is 40.9. The first-order chi connectivity index (χ1) is 18.3. The predicted octanol–water partition coefficient (Wildman–Crippen LogP) is 4.77. The number of aliphatic carboxylic acids is 1. The van der Waals surface area contributed by atoms with Crippen LogP contribution in [0.2, 0.25) is 10.0 Å². The van der Waals surface area contributed by atoms with Gasteiger partial charge in [-0.1, -0.05) is 65.7 Å². The number of nitrogens with one attached hydrogen (secondary N) is 2. The fraction of sp³-hybridized carbons (Fsp3) is 0.250. The Morgan fingerprint density at radius 1 is 0.842 bits per heavy atom. The molecule has 1 atom stereocenters. The number of carbonyl (C=O) groups is 3. The monoisotopic (exact) mass is 554 g/mol. The maximum atomic E-state index is 12.7. The minimum Gasteiger partial charge on any atom is -0.480 e. The lowest BCUT2D eigenvalue weighted by atomic mass is 10.0. The highest BCUT2D eigenvalue weighted by Gasteiger charge is 2.23. The Morgan fingerprint density at radius 3 is 2.16 bits per heavy atom. The van der Waals surface area contributed by atoms with Gasteiger partial charge in [0.2, 0.25) is 0 Å². The third-order valence-corrected chi connectivity index (χ3v) is 7.08. The number of carboxylic acid groups (broad SMARTS) is 1. The minimum atomic E-state index is -1.08. The molecule has 0 spiro atoms. The normalized spacial score (nSPS) is 14.5. The van der Waals surface area contributed by atoms with Crippen molar-refractivity contribution in [1.29, 1.82) is 0 Å². The van der Waals surface area contributed by atoms with Crippen molar-refractivity contribution in [2.75, 3.05) is 31.5 Å². The van der Waals surface area contributed by atoms with E-state index in [1.807, 2.05) is 42.5 Å². The zero-order valence-electron chi connectivity index (χ0n) is 20.6. The Labute approximate surface area is 231 Å². The summed E-state index contributed by atoms with van der Waals surface area (Å²) in [6.45, 7) is 3.24. The zero-order chi connectivity index (χ0) is 27.1. The molecule has 38 heavy (non-hydrogen) atoms. The van der Waals surface area contributed by atoms with Crippen molar-refractivity contribution in [1.82, 2.24) is 15.1 Å². The van der Waals surface area contributed by atoms with E-state index in [9.17, 15) is 19.5 Å². The molecule has 4 rings (SSSR count). The smallest absolute Gasteiger partial charge is 0.326 e. The Kier molecular flexibility index (Phi) is 9.23. The van der Waals surface area contributed by atoms with Crippen LogP contribution in [0.1, 0.15) is 21.5 Å². The molecule has 3 amide bonds. The number of urea groups is 1. The van der Waals surface area contributed by atoms with E-state index >= 15 is 0 Å². The molecule has 0 bridgehead atoms. The lowest BCUT2D eigenvalue weighted by molar-refractivity contribution is -0.139. The third-order valence-electron chi connectivity index (χ3n) is 6.34. The van der Waals surface area contributed by atoms with Crippen LogP contribution in [-0.2, 0) is 17.8 Å².